The van der Waals surface area contributed by atoms with E-state index in [9.17, 15) is 14.4 Å². The van der Waals surface area contributed by atoms with Gasteiger partial charge in [0.2, 0.25) is 5.91 Å². The predicted octanol–water partition coefficient (Wildman–Crippen LogP) is 2.77. The molecule has 2 aliphatic rings. The van der Waals surface area contributed by atoms with Crippen molar-refractivity contribution in [2.75, 3.05) is 13.1 Å². The Kier molecular flexibility index (Phi) is 8.19. The number of primary amides is 1. The third-order valence-electron chi connectivity index (χ3n) is 4.37. The third kappa shape index (κ3) is 9.31. The smallest absolute Gasteiger partial charge is 0.410 e. The Labute approximate surface area is 149 Å². The summed E-state index contributed by atoms with van der Waals surface area (Å²) < 4.78 is 5.21. The minimum absolute atomic E-state index is 0.0602. The van der Waals surface area contributed by atoms with Gasteiger partial charge in [-0.05, 0) is 51.9 Å². The van der Waals surface area contributed by atoms with E-state index in [0.717, 1.165) is 6.42 Å². The molecule has 2 rings (SSSR count). The number of likely N-dealkylation sites (tertiary alicyclic amines) is 1. The summed E-state index contributed by atoms with van der Waals surface area (Å²) in [6, 6.07) is 0. The zero-order valence-electron chi connectivity index (χ0n) is 15.6. The lowest BCUT2D eigenvalue weighted by Crippen LogP contribution is -2.35. The van der Waals surface area contributed by atoms with Crippen molar-refractivity contribution in [2.24, 2.45) is 17.6 Å². The zero-order chi connectivity index (χ0) is 19.0. The van der Waals surface area contributed by atoms with Crippen molar-refractivity contribution in [1.82, 2.24) is 4.90 Å². The summed E-state index contributed by atoms with van der Waals surface area (Å²) in [5.74, 6) is -0.273. The lowest BCUT2D eigenvalue weighted by molar-refractivity contribution is -0.138. The second-order valence-corrected chi connectivity index (χ2v) is 8.00. The van der Waals surface area contributed by atoms with Crippen LogP contribution in [0, 0.1) is 11.8 Å². The fraction of sp³-hybridized carbons (Fsp3) is 0.833. The number of rotatable bonds is 4. The maximum absolute atomic E-state index is 11.6. The number of ether oxygens (including phenoxy) is 1. The number of carbonyl (C=O) groups excluding carboxylic acids is 2. The number of amides is 2. The van der Waals surface area contributed by atoms with Gasteiger partial charge in [-0.15, -0.1) is 0 Å². The summed E-state index contributed by atoms with van der Waals surface area (Å²) in [5, 5.41) is 8.65. The van der Waals surface area contributed by atoms with E-state index in [4.69, 9.17) is 15.6 Å². The molecule has 7 heteroatoms. The van der Waals surface area contributed by atoms with Crippen molar-refractivity contribution < 1.29 is 24.2 Å². The summed E-state index contributed by atoms with van der Waals surface area (Å²) in [6.45, 7) is 6.52. The number of carboxylic acid groups (broad SMARTS) is 1. The Hall–Kier alpha value is -1.79. The number of carbonyl (C=O) groups is 3. The van der Waals surface area contributed by atoms with Gasteiger partial charge in [0.1, 0.15) is 5.60 Å². The van der Waals surface area contributed by atoms with Crippen LogP contribution in [0.5, 0.6) is 0 Å². The molecule has 1 aliphatic heterocycles. The lowest BCUT2D eigenvalue weighted by Gasteiger charge is -2.24. The molecule has 1 saturated carbocycles. The average Bonchev–Trinajstić information content (AvgIpc) is 3.07. The largest absolute Gasteiger partial charge is 0.481 e. The Morgan fingerprint density at radius 1 is 1.08 bits per heavy atom. The number of nitrogens with zero attached hydrogens (tertiary/aromatic N) is 1. The highest BCUT2D eigenvalue weighted by molar-refractivity contribution is 5.74. The van der Waals surface area contributed by atoms with Gasteiger partial charge in [-0.25, -0.2) is 4.79 Å². The molecule has 2 amide bonds. The molecule has 0 aromatic rings. The highest BCUT2D eigenvalue weighted by Crippen LogP contribution is 2.26. The van der Waals surface area contributed by atoms with Gasteiger partial charge in [-0.1, -0.05) is 12.8 Å². The van der Waals surface area contributed by atoms with Gasteiger partial charge in [-0.2, -0.15) is 0 Å². The highest BCUT2D eigenvalue weighted by atomic mass is 16.6. The van der Waals surface area contributed by atoms with Gasteiger partial charge in [0.05, 0.1) is 0 Å². The first kappa shape index (κ1) is 21.3. The van der Waals surface area contributed by atoms with Crippen LogP contribution >= 0.6 is 0 Å². The van der Waals surface area contributed by atoms with Crippen molar-refractivity contribution in [3.8, 4) is 0 Å². The van der Waals surface area contributed by atoms with Crippen LogP contribution in [0.3, 0.4) is 0 Å². The molecule has 0 aromatic carbocycles. The van der Waals surface area contributed by atoms with E-state index in [1.54, 1.807) is 4.90 Å². The Morgan fingerprint density at radius 3 is 2.16 bits per heavy atom. The molecular formula is C18H32N2O5. The maximum atomic E-state index is 11.6. The van der Waals surface area contributed by atoms with E-state index >= 15 is 0 Å². The average molecular weight is 356 g/mol. The molecule has 1 atom stereocenters. The van der Waals surface area contributed by atoms with Crippen LogP contribution in [-0.2, 0) is 14.3 Å². The van der Waals surface area contributed by atoms with Gasteiger partial charge in [0.15, 0.2) is 0 Å². The molecule has 2 fully saturated rings. The first-order valence-electron chi connectivity index (χ1n) is 9.05. The molecule has 0 radical (unpaired) electrons. The van der Waals surface area contributed by atoms with Crippen LogP contribution in [-0.4, -0.2) is 46.7 Å². The quantitative estimate of drug-likeness (QED) is 0.805. The molecule has 144 valence electrons. The van der Waals surface area contributed by atoms with Crippen molar-refractivity contribution in [2.45, 2.75) is 71.3 Å². The molecule has 0 bridgehead atoms. The Bertz CT molecular complexity index is 467. The molecule has 0 aromatic heterocycles. The standard InChI is InChI=1S/C11H19NO4.C7H13NO/c1-11(2,3)16-10(15)12-5-4-8(7-12)6-9(13)14;8-7(9)5-6-3-1-2-4-6/h8H,4-7H2,1-3H3,(H,13,14);6H,1-5H2,(H2,8,9). The molecule has 25 heavy (non-hydrogen) atoms. The monoisotopic (exact) mass is 356 g/mol. The molecule has 1 unspecified atom stereocenters. The second-order valence-electron chi connectivity index (χ2n) is 8.00. The van der Waals surface area contributed by atoms with Crippen LogP contribution in [0.2, 0.25) is 0 Å². The first-order chi connectivity index (χ1) is 11.6. The van der Waals surface area contributed by atoms with Crippen LogP contribution in [0.4, 0.5) is 4.79 Å². The fourth-order valence-electron chi connectivity index (χ4n) is 3.24. The molecule has 1 heterocycles. The normalized spacial score (nSPS) is 20.8. The summed E-state index contributed by atoms with van der Waals surface area (Å²) >= 11 is 0. The van der Waals surface area contributed by atoms with Gasteiger partial charge in [0.25, 0.3) is 0 Å². The van der Waals surface area contributed by atoms with Crippen molar-refractivity contribution in [1.29, 1.82) is 0 Å². The SMILES string of the molecule is CC(C)(C)OC(=O)N1CCC(CC(=O)O)C1.NC(=O)CC1CCCC1. The van der Waals surface area contributed by atoms with Crippen LogP contribution in [0.1, 0.15) is 65.7 Å². The van der Waals surface area contributed by atoms with Crippen LogP contribution in [0.15, 0.2) is 0 Å². The van der Waals surface area contributed by atoms with E-state index < -0.39 is 11.6 Å². The lowest BCUT2D eigenvalue weighted by atomic mass is 10.0. The van der Waals surface area contributed by atoms with E-state index in [2.05, 4.69) is 0 Å². The maximum Gasteiger partial charge on any atom is 0.410 e. The summed E-state index contributed by atoms with van der Waals surface area (Å²) in [4.78, 5) is 34.1. The van der Waals surface area contributed by atoms with Gasteiger partial charge in [-0.3, -0.25) is 9.59 Å². The van der Waals surface area contributed by atoms with E-state index in [0.29, 0.717) is 25.4 Å². The van der Waals surface area contributed by atoms with Gasteiger partial charge < -0.3 is 20.5 Å². The van der Waals surface area contributed by atoms with Crippen molar-refractivity contribution in [3.63, 3.8) is 0 Å². The molecule has 1 saturated heterocycles. The number of aliphatic carboxylic acids is 1. The second kappa shape index (κ2) is 9.63. The van der Waals surface area contributed by atoms with E-state index in [1.165, 1.54) is 25.7 Å². The predicted molar refractivity (Wildman–Crippen MR) is 93.9 cm³/mol. The fourth-order valence-corrected chi connectivity index (χ4v) is 3.24. The topological polar surface area (TPSA) is 110 Å². The Balaban J connectivity index is 0.000000293. The molecule has 7 nitrogen and oxygen atoms in total. The van der Waals surface area contributed by atoms with Gasteiger partial charge in [0, 0.05) is 25.9 Å². The number of hydrogen-bond acceptors (Lipinski definition) is 4. The number of carboxylic acids is 1. The van der Waals surface area contributed by atoms with Gasteiger partial charge >= 0.3 is 12.1 Å². The first-order valence-corrected chi connectivity index (χ1v) is 9.05. The van der Waals surface area contributed by atoms with Crippen LogP contribution < -0.4 is 5.73 Å². The highest BCUT2D eigenvalue weighted by Gasteiger charge is 2.30. The van der Waals surface area contributed by atoms with Crippen molar-refractivity contribution in [3.05, 3.63) is 0 Å². The molecule has 1 aliphatic carbocycles. The number of nitrogens with two attached hydrogens (primary N) is 1. The van der Waals surface area contributed by atoms with Crippen LogP contribution in [0.25, 0.3) is 0 Å². The molecule has 3 N–H and O–H groups in total. The minimum Gasteiger partial charge on any atom is -0.481 e. The van der Waals surface area contributed by atoms with Crippen molar-refractivity contribution >= 4 is 18.0 Å². The Morgan fingerprint density at radius 2 is 1.68 bits per heavy atom. The van der Waals surface area contributed by atoms with E-state index in [1.807, 2.05) is 20.8 Å². The summed E-state index contributed by atoms with van der Waals surface area (Å²) in [6.07, 6.45) is 6.13. The molecule has 0 spiro atoms. The summed E-state index contributed by atoms with van der Waals surface area (Å²) in [5.41, 5.74) is 4.54. The zero-order valence-corrected chi connectivity index (χ0v) is 15.6. The summed E-state index contributed by atoms with van der Waals surface area (Å²) in [7, 11) is 0. The minimum atomic E-state index is -0.809. The molecular weight excluding hydrogens is 324 g/mol. The number of hydrogen-bond donors (Lipinski definition) is 2. The van der Waals surface area contributed by atoms with E-state index in [-0.39, 0.29) is 24.3 Å². The third-order valence-corrected chi connectivity index (χ3v) is 4.37.